The Morgan fingerprint density at radius 1 is 1.19 bits per heavy atom. The average Bonchev–Trinajstić information content (AvgIpc) is 2.16. The molecule has 0 aromatic rings. The minimum Gasteiger partial charge on any atom is -0.193 e. The van der Waals surface area contributed by atoms with E-state index in [1.807, 2.05) is 0 Å². The quantitative estimate of drug-likeness (QED) is 0.528. The summed E-state index contributed by atoms with van der Waals surface area (Å²) >= 11 is 3.74. The Hall–Kier alpha value is 0.690. The molecule has 0 rings (SSSR count). The molecule has 0 spiro atoms. The zero-order valence-electron chi connectivity index (χ0n) is 10.6. The fraction of sp³-hybridized carbons (Fsp3) is 1.00. The van der Waals surface area contributed by atoms with Gasteiger partial charge in [-0.25, -0.2) is 0 Å². The Labute approximate surface area is 111 Å². The smallest absolute Gasteiger partial charge is 0.193 e. The molecule has 0 aliphatic rings. The van der Waals surface area contributed by atoms with Crippen molar-refractivity contribution in [2.24, 2.45) is 11.8 Å². The van der Waals surface area contributed by atoms with E-state index in [4.69, 9.17) is 0 Å². The molecule has 0 heterocycles. The molecule has 0 fully saturated rings. The van der Waals surface area contributed by atoms with Gasteiger partial charge < -0.3 is 0 Å². The summed E-state index contributed by atoms with van der Waals surface area (Å²) in [5.41, 5.74) is 0. The predicted octanol–water partition coefficient (Wildman–Crippen LogP) is 5.56. The van der Waals surface area contributed by atoms with E-state index in [-0.39, 0.29) is 0 Å². The van der Waals surface area contributed by atoms with Gasteiger partial charge in [0.1, 0.15) is 0 Å². The summed E-state index contributed by atoms with van der Waals surface area (Å²) < 4.78 is 26.5. The predicted molar refractivity (Wildman–Crippen MR) is 73.6 cm³/mol. The number of thioether (sulfide) groups is 1. The van der Waals surface area contributed by atoms with Crippen LogP contribution in [0.5, 0.6) is 0 Å². The number of hydrogen-bond acceptors (Lipinski definition) is 1. The highest BCUT2D eigenvalue weighted by atomic mass is 79.9. The minimum atomic E-state index is -2.65. The fourth-order valence-electron chi connectivity index (χ4n) is 1.61. The summed E-state index contributed by atoms with van der Waals surface area (Å²) in [6.07, 6.45) is 5.38. The van der Waals surface area contributed by atoms with E-state index >= 15 is 0 Å². The molecule has 0 aromatic carbocycles. The van der Waals surface area contributed by atoms with E-state index in [2.05, 4.69) is 36.7 Å². The highest BCUT2D eigenvalue weighted by molar-refractivity contribution is 9.09. The third kappa shape index (κ3) is 7.10. The molecule has 0 nitrogen and oxygen atoms in total. The van der Waals surface area contributed by atoms with Crippen LogP contribution in [0.3, 0.4) is 0 Å². The van der Waals surface area contributed by atoms with Crippen molar-refractivity contribution >= 4 is 27.7 Å². The van der Waals surface area contributed by atoms with Gasteiger partial charge in [0, 0.05) is 0 Å². The van der Waals surface area contributed by atoms with Crippen LogP contribution in [0.1, 0.15) is 46.5 Å². The Morgan fingerprint density at radius 3 is 2.19 bits per heavy atom. The van der Waals surface area contributed by atoms with Crippen LogP contribution < -0.4 is 0 Å². The standard InChI is InChI=1S/C12H23BrF2S/c1-9(2)6-5-7-10(3)8-11(13)12(14,15)16-4/h9-11H,5-8H2,1-4H3. The number of rotatable bonds is 8. The van der Waals surface area contributed by atoms with Gasteiger partial charge in [-0.2, -0.15) is 8.78 Å². The van der Waals surface area contributed by atoms with Crippen molar-refractivity contribution in [3.05, 3.63) is 0 Å². The van der Waals surface area contributed by atoms with Gasteiger partial charge in [0.25, 0.3) is 0 Å². The van der Waals surface area contributed by atoms with E-state index in [0.717, 1.165) is 12.8 Å². The van der Waals surface area contributed by atoms with Crippen LogP contribution in [0, 0.1) is 11.8 Å². The first-order valence-electron chi connectivity index (χ1n) is 5.86. The van der Waals surface area contributed by atoms with Gasteiger partial charge >= 0.3 is 5.25 Å². The summed E-state index contributed by atoms with van der Waals surface area (Å²) in [6, 6.07) is 0. The zero-order chi connectivity index (χ0) is 12.8. The summed E-state index contributed by atoms with van der Waals surface area (Å²) in [4.78, 5) is -0.705. The van der Waals surface area contributed by atoms with Crippen molar-refractivity contribution in [2.75, 3.05) is 6.26 Å². The number of alkyl halides is 3. The molecule has 0 amide bonds. The van der Waals surface area contributed by atoms with Gasteiger partial charge in [-0.05, 0) is 24.5 Å². The van der Waals surface area contributed by atoms with E-state index in [9.17, 15) is 8.78 Å². The van der Waals surface area contributed by atoms with Crippen LogP contribution in [-0.4, -0.2) is 16.3 Å². The van der Waals surface area contributed by atoms with Gasteiger partial charge in [0.2, 0.25) is 0 Å². The SMILES string of the molecule is CSC(F)(F)C(Br)CC(C)CCCC(C)C. The lowest BCUT2D eigenvalue weighted by atomic mass is 9.96. The Morgan fingerprint density at radius 2 is 1.75 bits per heavy atom. The third-order valence-electron chi connectivity index (χ3n) is 2.72. The second kappa shape index (κ2) is 7.91. The van der Waals surface area contributed by atoms with Crippen LogP contribution in [0.15, 0.2) is 0 Å². The lowest BCUT2D eigenvalue weighted by molar-refractivity contribution is 0.0971. The maximum Gasteiger partial charge on any atom is 0.305 e. The van der Waals surface area contributed by atoms with E-state index < -0.39 is 10.1 Å². The molecule has 16 heavy (non-hydrogen) atoms. The van der Waals surface area contributed by atoms with Crippen LogP contribution in [0.4, 0.5) is 8.78 Å². The molecule has 0 aliphatic heterocycles. The van der Waals surface area contributed by atoms with Gasteiger partial charge in [-0.1, -0.05) is 67.7 Å². The topological polar surface area (TPSA) is 0 Å². The molecule has 0 radical (unpaired) electrons. The first-order chi connectivity index (χ1) is 7.29. The second-order valence-electron chi connectivity index (χ2n) is 4.90. The molecule has 2 unspecified atom stereocenters. The molecule has 0 aromatic heterocycles. The lowest BCUT2D eigenvalue weighted by Gasteiger charge is -2.23. The normalized spacial score (nSPS) is 16.5. The molecule has 4 heteroatoms. The largest absolute Gasteiger partial charge is 0.305 e. The maximum atomic E-state index is 13.3. The summed E-state index contributed by atoms with van der Waals surface area (Å²) in [7, 11) is 0. The van der Waals surface area contributed by atoms with Crippen molar-refractivity contribution < 1.29 is 8.78 Å². The highest BCUT2D eigenvalue weighted by Crippen LogP contribution is 2.38. The Kier molecular flexibility index (Phi) is 8.25. The molecule has 98 valence electrons. The van der Waals surface area contributed by atoms with Crippen molar-refractivity contribution in [3.8, 4) is 0 Å². The molecule has 0 aliphatic carbocycles. The molecule has 0 bridgehead atoms. The average molecular weight is 317 g/mol. The van der Waals surface area contributed by atoms with Crippen LogP contribution in [-0.2, 0) is 0 Å². The summed E-state index contributed by atoms with van der Waals surface area (Å²) in [6.45, 7) is 6.45. The third-order valence-corrected chi connectivity index (χ3v) is 4.81. The molecular formula is C12H23BrF2S. The highest BCUT2D eigenvalue weighted by Gasteiger charge is 2.37. The Balaban J connectivity index is 3.82. The maximum absolute atomic E-state index is 13.3. The van der Waals surface area contributed by atoms with Gasteiger partial charge in [0.15, 0.2) is 0 Å². The fourth-order valence-corrected chi connectivity index (χ4v) is 3.16. The van der Waals surface area contributed by atoms with Crippen LogP contribution >= 0.6 is 27.7 Å². The van der Waals surface area contributed by atoms with Crippen molar-refractivity contribution in [1.82, 2.24) is 0 Å². The van der Waals surface area contributed by atoms with E-state index in [1.165, 1.54) is 12.7 Å². The molecule has 2 atom stereocenters. The minimum absolute atomic E-state index is 0.362. The van der Waals surface area contributed by atoms with E-state index in [0.29, 0.717) is 30.0 Å². The lowest BCUT2D eigenvalue weighted by Crippen LogP contribution is -2.26. The van der Waals surface area contributed by atoms with Crippen LogP contribution in [0.2, 0.25) is 0 Å². The Bertz CT molecular complexity index is 186. The molecule has 0 saturated heterocycles. The van der Waals surface area contributed by atoms with Crippen molar-refractivity contribution in [2.45, 2.75) is 56.5 Å². The van der Waals surface area contributed by atoms with Crippen LogP contribution in [0.25, 0.3) is 0 Å². The van der Waals surface area contributed by atoms with Gasteiger partial charge in [0.05, 0.1) is 4.83 Å². The van der Waals surface area contributed by atoms with Crippen molar-refractivity contribution in [1.29, 1.82) is 0 Å². The summed E-state index contributed by atoms with van der Waals surface area (Å²) in [5.74, 6) is 1.07. The first-order valence-corrected chi connectivity index (χ1v) is 8.00. The molecular weight excluding hydrogens is 294 g/mol. The second-order valence-corrected chi connectivity index (χ2v) is 6.96. The number of halogens is 3. The van der Waals surface area contributed by atoms with Gasteiger partial charge in [-0.3, -0.25) is 0 Å². The molecule has 0 saturated carbocycles. The van der Waals surface area contributed by atoms with Crippen molar-refractivity contribution in [3.63, 3.8) is 0 Å². The summed E-state index contributed by atoms with van der Waals surface area (Å²) in [5, 5.41) is -2.65. The first kappa shape index (κ1) is 16.7. The van der Waals surface area contributed by atoms with E-state index in [1.54, 1.807) is 0 Å². The monoisotopic (exact) mass is 316 g/mol. The van der Waals surface area contributed by atoms with Gasteiger partial charge in [-0.15, -0.1) is 0 Å². The molecule has 0 N–H and O–H groups in total. The number of hydrogen-bond donors (Lipinski definition) is 0. The zero-order valence-corrected chi connectivity index (χ0v) is 13.0.